The Morgan fingerprint density at radius 2 is 2.28 bits per heavy atom. The quantitative estimate of drug-likeness (QED) is 0.889. The summed E-state index contributed by atoms with van der Waals surface area (Å²) in [5.41, 5.74) is 2.33. The molecule has 1 aliphatic heterocycles. The van der Waals surface area contributed by atoms with E-state index in [9.17, 15) is 0 Å². The molecule has 100 valence electrons. The van der Waals surface area contributed by atoms with Gasteiger partial charge in [-0.25, -0.2) is 0 Å². The van der Waals surface area contributed by atoms with Crippen molar-refractivity contribution in [3.63, 3.8) is 0 Å². The van der Waals surface area contributed by atoms with Crippen molar-refractivity contribution < 1.29 is 4.74 Å². The van der Waals surface area contributed by atoms with Crippen LogP contribution in [-0.4, -0.2) is 23.7 Å². The van der Waals surface area contributed by atoms with Gasteiger partial charge < -0.3 is 10.1 Å². The van der Waals surface area contributed by atoms with Gasteiger partial charge in [0.1, 0.15) is 0 Å². The fourth-order valence-electron chi connectivity index (χ4n) is 2.34. The first kappa shape index (κ1) is 13.5. The lowest BCUT2D eigenvalue weighted by atomic mass is 9.95. The standard InChI is InChI=1S/C15H24N2O/c1-11(2)15-8-14(6-7-18-15)17-10-13-5-4-12(3)16-9-13/h4-5,9,11,14-15,17H,6-8,10H2,1-3H3. The van der Waals surface area contributed by atoms with Gasteiger partial charge in [-0.15, -0.1) is 0 Å². The Morgan fingerprint density at radius 3 is 2.94 bits per heavy atom. The Bertz CT molecular complexity index is 361. The van der Waals surface area contributed by atoms with Crippen molar-refractivity contribution in [2.24, 2.45) is 5.92 Å². The minimum absolute atomic E-state index is 0.410. The highest BCUT2D eigenvalue weighted by Crippen LogP contribution is 2.20. The molecule has 0 aromatic carbocycles. The molecule has 0 spiro atoms. The molecule has 3 heteroatoms. The van der Waals surface area contributed by atoms with Crippen molar-refractivity contribution in [2.75, 3.05) is 6.61 Å². The fourth-order valence-corrected chi connectivity index (χ4v) is 2.34. The van der Waals surface area contributed by atoms with E-state index in [-0.39, 0.29) is 0 Å². The number of aromatic nitrogens is 1. The van der Waals surface area contributed by atoms with Crippen LogP contribution < -0.4 is 5.32 Å². The van der Waals surface area contributed by atoms with Gasteiger partial charge in [0.05, 0.1) is 6.10 Å². The molecular weight excluding hydrogens is 224 g/mol. The van der Waals surface area contributed by atoms with Crippen LogP contribution in [0.1, 0.15) is 37.9 Å². The molecule has 2 unspecified atom stereocenters. The molecule has 18 heavy (non-hydrogen) atoms. The molecule has 2 heterocycles. The number of rotatable bonds is 4. The largest absolute Gasteiger partial charge is 0.378 e. The van der Waals surface area contributed by atoms with Crippen LogP contribution in [-0.2, 0) is 11.3 Å². The molecule has 2 atom stereocenters. The molecule has 1 saturated heterocycles. The van der Waals surface area contributed by atoms with Gasteiger partial charge in [0.2, 0.25) is 0 Å². The smallest absolute Gasteiger partial charge is 0.0612 e. The Kier molecular flexibility index (Phi) is 4.72. The van der Waals surface area contributed by atoms with Crippen molar-refractivity contribution in [1.82, 2.24) is 10.3 Å². The van der Waals surface area contributed by atoms with Crippen LogP contribution in [0.2, 0.25) is 0 Å². The van der Waals surface area contributed by atoms with E-state index < -0.39 is 0 Å². The molecule has 3 nitrogen and oxygen atoms in total. The average Bonchev–Trinajstić information content (AvgIpc) is 2.38. The van der Waals surface area contributed by atoms with E-state index in [4.69, 9.17) is 4.74 Å². The Labute approximate surface area is 110 Å². The average molecular weight is 248 g/mol. The minimum atomic E-state index is 0.410. The summed E-state index contributed by atoms with van der Waals surface area (Å²) in [5, 5.41) is 3.62. The summed E-state index contributed by atoms with van der Waals surface area (Å²) in [6.45, 7) is 8.27. The highest BCUT2D eigenvalue weighted by molar-refractivity contribution is 5.12. The van der Waals surface area contributed by atoms with E-state index in [1.54, 1.807) is 0 Å². The lowest BCUT2D eigenvalue weighted by Gasteiger charge is -2.32. The van der Waals surface area contributed by atoms with Crippen molar-refractivity contribution >= 4 is 0 Å². The zero-order chi connectivity index (χ0) is 13.0. The van der Waals surface area contributed by atoms with Gasteiger partial charge in [-0.2, -0.15) is 0 Å². The number of aryl methyl sites for hydroxylation is 1. The van der Waals surface area contributed by atoms with E-state index >= 15 is 0 Å². The Morgan fingerprint density at radius 1 is 1.44 bits per heavy atom. The summed E-state index contributed by atoms with van der Waals surface area (Å²) < 4.78 is 5.79. The zero-order valence-electron chi connectivity index (χ0n) is 11.6. The minimum Gasteiger partial charge on any atom is -0.378 e. The molecular formula is C15H24N2O. The molecule has 1 N–H and O–H groups in total. The predicted octanol–water partition coefficient (Wildman–Crippen LogP) is 2.68. The zero-order valence-corrected chi connectivity index (χ0v) is 11.6. The lowest BCUT2D eigenvalue weighted by molar-refractivity contribution is -0.0245. The fraction of sp³-hybridized carbons (Fsp3) is 0.667. The second-order valence-corrected chi connectivity index (χ2v) is 5.56. The van der Waals surface area contributed by atoms with Gasteiger partial charge in [-0.1, -0.05) is 19.9 Å². The first-order valence-electron chi connectivity index (χ1n) is 6.91. The van der Waals surface area contributed by atoms with Crippen LogP contribution in [0.4, 0.5) is 0 Å². The number of ether oxygens (including phenoxy) is 1. The van der Waals surface area contributed by atoms with Crippen LogP contribution >= 0.6 is 0 Å². The summed E-state index contributed by atoms with van der Waals surface area (Å²) in [6, 6.07) is 4.79. The second kappa shape index (κ2) is 6.30. The van der Waals surface area contributed by atoms with E-state index in [2.05, 4.69) is 36.3 Å². The number of nitrogens with zero attached hydrogens (tertiary/aromatic N) is 1. The van der Waals surface area contributed by atoms with Crippen molar-refractivity contribution in [2.45, 2.75) is 52.3 Å². The number of pyridine rings is 1. The molecule has 1 fully saturated rings. The van der Waals surface area contributed by atoms with Gasteiger partial charge >= 0.3 is 0 Å². The van der Waals surface area contributed by atoms with E-state index in [1.165, 1.54) is 5.56 Å². The molecule has 0 bridgehead atoms. The van der Waals surface area contributed by atoms with E-state index in [0.717, 1.165) is 31.7 Å². The maximum absolute atomic E-state index is 5.79. The second-order valence-electron chi connectivity index (χ2n) is 5.56. The number of hydrogen-bond acceptors (Lipinski definition) is 3. The first-order valence-corrected chi connectivity index (χ1v) is 6.91. The highest BCUT2D eigenvalue weighted by atomic mass is 16.5. The summed E-state index contributed by atoms with van der Waals surface area (Å²) in [5.74, 6) is 0.607. The molecule has 0 amide bonds. The number of hydrogen-bond donors (Lipinski definition) is 1. The molecule has 1 aromatic heterocycles. The van der Waals surface area contributed by atoms with Crippen LogP contribution in [0, 0.1) is 12.8 Å². The van der Waals surface area contributed by atoms with Crippen LogP contribution in [0.15, 0.2) is 18.3 Å². The van der Waals surface area contributed by atoms with Crippen molar-refractivity contribution in [1.29, 1.82) is 0 Å². The topological polar surface area (TPSA) is 34.1 Å². The van der Waals surface area contributed by atoms with Gasteiger partial charge in [0.15, 0.2) is 0 Å². The summed E-state index contributed by atoms with van der Waals surface area (Å²) in [6.07, 6.45) is 4.61. The Balaban J connectivity index is 1.81. The van der Waals surface area contributed by atoms with Gasteiger partial charge in [0.25, 0.3) is 0 Å². The molecule has 2 rings (SSSR count). The maximum atomic E-state index is 5.79. The molecule has 0 aliphatic carbocycles. The first-order chi connectivity index (χ1) is 8.65. The SMILES string of the molecule is Cc1ccc(CNC2CCOC(C(C)C)C2)cn1. The molecule has 1 aromatic rings. The third kappa shape index (κ3) is 3.79. The summed E-state index contributed by atoms with van der Waals surface area (Å²) >= 11 is 0. The lowest BCUT2D eigenvalue weighted by Crippen LogP contribution is -2.40. The van der Waals surface area contributed by atoms with Crippen LogP contribution in [0.25, 0.3) is 0 Å². The van der Waals surface area contributed by atoms with Gasteiger partial charge in [-0.3, -0.25) is 4.98 Å². The Hall–Kier alpha value is -0.930. The van der Waals surface area contributed by atoms with Crippen LogP contribution in [0.5, 0.6) is 0 Å². The molecule has 1 aliphatic rings. The van der Waals surface area contributed by atoms with Crippen molar-refractivity contribution in [3.05, 3.63) is 29.6 Å². The van der Waals surface area contributed by atoms with E-state index in [1.807, 2.05) is 13.1 Å². The normalized spacial score (nSPS) is 24.4. The third-order valence-electron chi connectivity index (χ3n) is 3.63. The molecule has 0 saturated carbocycles. The highest BCUT2D eigenvalue weighted by Gasteiger charge is 2.24. The number of nitrogens with one attached hydrogen (secondary N) is 1. The summed E-state index contributed by atoms with van der Waals surface area (Å²) in [7, 11) is 0. The maximum Gasteiger partial charge on any atom is 0.0612 e. The van der Waals surface area contributed by atoms with Crippen molar-refractivity contribution in [3.8, 4) is 0 Å². The molecule has 0 radical (unpaired) electrons. The predicted molar refractivity (Wildman–Crippen MR) is 73.4 cm³/mol. The van der Waals surface area contributed by atoms with Crippen LogP contribution in [0.3, 0.4) is 0 Å². The monoisotopic (exact) mass is 248 g/mol. The van der Waals surface area contributed by atoms with E-state index in [0.29, 0.717) is 18.1 Å². The van der Waals surface area contributed by atoms with Gasteiger partial charge in [-0.05, 0) is 37.3 Å². The van der Waals surface area contributed by atoms with Gasteiger partial charge in [0, 0.05) is 31.1 Å². The summed E-state index contributed by atoms with van der Waals surface area (Å²) in [4.78, 5) is 4.32. The third-order valence-corrected chi connectivity index (χ3v) is 3.63.